The Labute approximate surface area is 153 Å². The lowest BCUT2D eigenvalue weighted by atomic mass is 9.92. The molecule has 2 atom stereocenters. The minimum Gasteiger partial charge on any atom is -0.476 e. The quantitative estimate of drug-likeness (QED) is 0.756. The number of aromatic carboxylic acids is 1. The van der Waals surface area contributed by atoms with E-state index in [4.69, 9.17) is 5.11 Å². The van der Waals surface area contributed by atoms with E-state index in [0.29, 0.717) is 5.92 Å². The summed E-state index contributed by atoms with van der Waals surface area (Å²) < 4.78 is 1.22. The van der Waals surface area contributed by atoms with Gasteiger partial charge >= 0.3 is 5.97 Å². The molecule has 0 aliphatic rings. The Bertz CT molecular complexity index is 752. The van der Waals surface area contributed by atoms with Crippen molar-refractivity contribution in [3.05, 3.63) is 47.3 Å². The molecule has 0 radical (unpaired) electrons. The number of carbonyl (C=O) groups is 2. The zero-order chi connectivity index (χ0) is 19.3. The summed E-state index contributed by atoms with van der Waals surface area (Å²) >= 11 is 0. The van der Waals surface area contributed by atoms with Crippen LogP contribution < -0.4 is 5.32 Å². The lowest BCUT2D eigenvalue weighted by molar-refractivity contribution is -0.123. The van der Waals surface area contributed by atoms with E-state index in [-0.39, 0.29) is 30.1 Å². The summed E-state index contributed by atoms with van der Waals surface area (Å²) in [6.45, 7) is 8.38. The van der Waals surface area contributed by atoms with Gasteiger partial charge in [-0.25, -0.2) is 9.48 Å². The number of aromatic nitrogens is 3. The van der Waals surface area contributed by atoms with E-state index in [0.717, 1.165) is 12.0 Å². The standard InChI is InChI=1S/C19H26N4O3/c1-5-13(4)14-6-8-15(9-7-14)18(12(2)3)20-17(24)11-23-10-16(19(25)26)21-22-23/h6-10,12-13,18H,5,11H2,1-4H3,(H,20,24)(H,25,26). The van der Waals surface area contributed by atoms with Crippen molar-refractivity contribution in [3.63, 3.8) is 0 Å². The predicted octanol–water partition coefficient (Wildman–Crippen LogP) is 3.00. The van der Waals surface area contributed by atoms with Crippen LogP contribution in [0.1, 0.15) is 67.7 Å². The van der Waals surface area contributed by atoms with Crippen LogP contribution in [0.3, 0.4) is 0 Å². The minimum absolute atomic E-state index is 0.0749. The SMILES string of the molecule is CCC(C)c1ccc(C(NC(=O)Cn2cc(C(=O)O)nn2)C(C)C)cc1. The average molecular weight is 358 g/mol. The van der Waals surface area contributed by atoms with E-state index in [9.17, 15) is 9.59 Å². The maximum absolute atomic E-state index is 12.4. The first-order valence-electron chi connectivity index (χ1n) is 8.84. The first kappa shape index (κ1) is 19.6. The number of nitrogens with zero attached hydrogens (tertiary/aromatic N) is 3. The van der Waals surface area contributed by atoms with Gasteiger partial charge in [0.05, 0.1) is 12.2 Å². The summed E-state index contributed by atoms with van der Waals surface area (Å²) in [5.74, 6) is -0.694. The molecule has 2 N–H and O–H groups in total. The smallest absolute Gasteiger partial charge is 0.358 e. The number of carboxylic acid groups (broad SMARTS) is 1. The number of hydrogen-bond acceptors (Lipinski definition) is 4. The molecule has 1 aromatic carbocycles. The highest BCUT2D eigenvalue weighted by molar-refractivity contribution is 5.84. The molecule has 7 heteroatoms. The van der Waals surface area contributed by atoms with Crippen LogP contribution in [0.2, 0.25) is 0 Å². The van der Waals surface area contributed by atoms with E-state index in [2.05, 4.69) is 53.7 Å². The molecule has 2 rings (SSSR count). The molecule has 0 bridgehead atoms. The molecule has 0 aliphatic heterocycles. The van der Waals surface area contributed by atoms with Crippen LogP contribution in [-0.2, 0) is 11.3 Å². The molecule has 0 aliphatic carbocycles. The molecule has 7 nitrogen and oxygen atoms in total. The Hall–Kier alpha value is -2.70. The Morgan fingerprint density at radius 3 is 2.27 bits per heavy atom. The van der Waals surface area contributed by atoms with Gasteiger partial charge < -0.3 is 10.4 Å². The predicted molar refractivity (Wildman–Crippen MR) is 97.9 cm³/mol. The molecule has 1 aromatic heterocycles. The summed E-state index contributed by atoms with van der Waals surface area (Å²) in [5.41, 5.74) is 2.15. The molecule has 0 saturated heterocycles. The van der Waals surface area contributed by atoms with Crippen molar-refractivity contribution < 1.29 is 14.7 Å². The number of benzene rings is 1. The Kier molecular flexibility index (Phi) is 6.49. The van der Waals surface area contributed by atoms with Crippen LogP contribution in [0.15, 0.2) is 30.5 Å². The highest BCUT2D eigenvalue weighted by atomic mass is 16.4. The molecule has 1 heterocycles. The van der Waals surface area contributed by atoms with Gasteiger partial charge in [0.1, 0.15) is 6.54 Å². The van der Waals surface area contributed by atoms with E-state index in [1.165, 1.54) is 16.4 Å². The molecule has 1 amide bonds. The van der Waals surface area contributed by atoms with Crippen molar-refractivity contribution in [1.29, 1.82) is 0 Å². The maximum Gasteiger partial charge on any atom is 0.358 e. The third-order valence-corrected chi connectivity index (χ3v) is 4.52. The summed E-state index contributed by atoms with van der Waals surface area (Å²) in [4.78, 5) is 23.2. The third-order valence-electron chi connectivity index (χ3n) is 4.52. The lowest BCUT2D eigenvalue weighted by Crippen LogP contribution is -2.34. The zero-order valence-corrected chi connectivity index (χ0v) is 15.6. The fraction of sp³-hybridized carbons (Fsp3) is 0.474. The van der Waals surface area contributed by atoms with Crippen LogP contribution in [0.4, 0.5) is 0 Å². The Morgan fingerprint density at radius 2 is 1.77 bits per heavy atom. The second-order valence-corrected chi connectivity index (χ2v) is 6.87. The van der Waals surface area contributed by atoms with Gasteiger partial charge in [0.25, 0.3) is 0 Å². The van der Waals surface area contributed by atoms with Gasteiger partial charge in [-0.1, -0.05) is 57.2 Å². The van der Waals surface area contributed by atoms with E-state index in [1.807, 2.05) is 13.8 Å². The summed E-state index contributed by atoms with van der Waals surface area (Å²) in [6, 6.07) is 8.22. The lowest BCUT2D eigenvalue weighted by Gasteiger charge is -2.23. The van der Waals surface area contributed by atoms with Crippen LogP contribution >= 0.6 is 0 Å². The first-order chi connectivity index (χ1) is 12.3. The van der Waals surface area contributed by atoms with Gasteiger partial charge in [-0.05, 0) is 29.4 Å². The van der Waals surface area contributed by atoms with E-state index < -0.39 is 5.97 Å². The molecule has 0 saturated carbocycles. The molecule has 26 heavy (non-hydrogen) atoms. The van der Waals surface area contributed by atoms with Gasteiger partial charge in [-0.3, -0.25) is 4.79 Å². The monoisotopic (exact) mass is 358 g/mol. The molecule has 2 unspecified atom stereocenters. The summed E-state index contributed by atoms with van der Waals surface area (Å²) in [5, 5.41) is 19.0. The third kappa shape index (κ3) is 4.91. The van der Waals surface area contributed by atoms with Crippen molar-refractivity contribution in [1.82, 2.24) is 20.3 Å². The van der Waals surface area contributed by atoms with Gasteiger partial charge in [-0.2, -0.15) is 0 Å². The van der Waals surface area contributed by atoms with Crippen molar-refractivity contribution in [2.75, 3.05) is 0 Å². The minimum atomic E-state index is -1.17. The van der Waals surface area contributed by atoms with Crippen LogP contribution in [0.5, 0.6) is 0 Å². The topological polar surface area (TPSA) is 97.1 Å². The zero-order valence-electron chi connectivity index (χ0n) is 15.6. The van der Waals surface area contributed by atoms with Crippen molar-refractivity contribution >= 4 is 11.9 Å². The number of hydrogen-bond donors (Lipinski definition) is 2. The number of amides is 1. The summed E-state index contributed by atoms with van der Waals surface area (Å²) in [7, 11) is 0. The normalized spacial score (nSPS) is 13.4. The number of rotatable bonds is 8. The molecule has 2 aromatic rings. The van der Waals surface area contributed by atoms with Gasteiger partial charge in [0.15, 0.2) is 5.69 Å². The first-order valence-corrected chi connectivity index (χ1v) is 8.84. The van der Waals surface area contributed by atoms with Crippen molar-refractivity contribution in [2.45, 2.75) is 52.6 Å². The van der Waals surface area contributed by atoms with Crippen molar-refractivity contribution in [2.24, 2.45) is 5.92 Å². The van der Waals surface area contributed by atoms with E-state index >= 15 is 0 Å². The maximum atomic E-state index is 12.4. The fourth-order valence-electron chi connectivity index (χ4n) is 2.74. The highest BCUT2D eigenvalue weighted by Crippen LogP contribution is 2.25. The molecule has 0 fully saturated rings. The molecular weight excluding hydrogens is 332 g/mol. The largest absolute Gasteiger partial charge is 0.476 e. The van der Waals surface area contributed by atoms with Crippen molar-refractivity contribution in [3.8, 4) is 0 Å². The van der Waals surface area contributed by atoms with Gasteiger partial charge in [0.2, 0.25) is 5.91 Å². The van der Waals surface area contributed by atoms with Gasteiger partial charge in [0, 0.05) is 0 Å². The number of carboxylic acids is 1. The molecule has 0 spiro atoms. The van der Waals surface area contributed by atoms with E-state index in [1.54, 1.807) is 0 Å². The average Bonchev–Trinajstić information content (AvgIpc) is 3.07. The Morgan fingerprint density at radius 1 is 1.15 bits per heavy atom. The van der Waals surface area contributed by atoms with Gasteiger partial charge in [-0.15, -0.1) is 5.10 Å². The van der Waals surface area contributed by atoms with Crippen LogP contribution in [-0.4, -0.2) is 32.0 Å². The molecule has 140 valence electrons. The Balaban J connectivity index is 2.07. The second kappa shape index (κ2) is 8.60. The highest BCUT2D eigenvalue weighted by Gasteiger charge is 2.19. The number of carbonyl (C=O) groups excluding carboxylic acids is 1. The second-order valence-electron chi connectivity index (χ2n) is 6.87. The van der Waals surface area contributed by atoms with Crippen LogP contribution in [0, 0.1) is 5.92 Å². The number of nitrogens with one attached hydrogen (secondary N) is 1. The molecular formula is C19H26N4O3. The van der Waals surface area contributed by atoms with Crippen LogP contribution in [0.25, 0.3) is 0 Å². The summed E-state index contributed by atoms with van der Waals surface area (Å²) in [6.07, 6.45) is 2.33. The fourth-order valence-corrected chi connectivity index (χ4v) is 2.74.